The van der Waals surface area contributed by atoms with Gasteiger partial charge in [-0.15, -0.1) is 0 Å². The van der Waals surface area contributed by atoms with E-state index in [0.29, 0.717) is 19.3 Å². The van der Waals surface area contributed by atoms with Gasteiger partial charge in [0.1, 0.15) is 13.2 Å². The average Bonchev–Trinajstić information content (AvgIpc) is 3.47. The smallest absolute Gasteiger partial charge is 0.306 e. The predicted octanol–water partition coefficient (Wildman–Crippen LogP) is 24.9. The van der Waals surface area contributed by atoms with Gasteiger partial charge in [0.05, 0.1) is 0 Å². The number of rotatable bonds is 67. The summed E-state index contributed by atoms with van der Waals surface area (Å²) >= 11 is 0. The first kappa shape index (κ1) is 78.4. The van der Waals surface area contributed by atoms with Gasteiger partial charge in [0, 0.05) is 19.3 Å². The lowest BCUT2D eigenvalue weighted by atomic mass is 10.0. The zero-order chi connectivity index (χ0) is 58.5. The van der Waals surface area contributed by atoms with E-state index in [1.807, 2.05) is 0 Å². The molecule has 0 aromatic heterocycles. The van der Waals surface area contributed by atoms with Gasteiger partial charge in [0.2, 0.25) is 0 Å². The van der Waals surface area contributed by atoms with Gasteiger partial charge in [-0.2, -0.15) is 0 Å². The molecule has 1 unspecified atom stereocenters. The average molecular weight is 1140 g/mol. The molecule has 474 valence electrons. The van der Waals surface area contributed by atoms with Crippen molar-refractivity contribution >= 4 is 17.9 Å². The van der Waals surface area contributed by atoms with Crippen LogP contribution in [0.15, 0.2) is 48.6 Å². The van der Waals surface area contributed by atoms with Gasteiger partial charge in [0.25, 0.3) is 0 Å². The second kappa shape index (κ2) is 69.9. The Labute approximate surface area is 505 Å². The maximum atomic E-state index is 13.0. The molecule has 0 N–H and O–H groups in total. The number of unbranched alkanes of at least 4 members (excludes halogenated alkanes) is 48. The van der Waals surface area contributed by atoms with E-state index in [4.69, 9.17) is 14.2 Å². The van der Waals surface area contributed by atoms with Gasteiger partial charge in [-0.1, -0.05) is 339 Å². The van der Waals surface area contributed by atoms with Crippen molar-refractivity contribution in [1.82, 2.24) is 0 Å². The molecular formula is C75H138O6. The van der Waals surface area contributed by atoms with Gasteiger partial charge < -0.3 is 14.2 Å². The Hall–Kier alpha value is -2.63. The van der Waals surface area contributed by atoms with Crippen LogP contribution in [-0.2, 0) is 28.6 Å². The van der Waals surface area contributed by atoms with Crippen molar-refractivity contribution in [1.29, 1.82) is 0 Å². The molecular weight excluding hydrogens is 997 g/mol. The molecule has 0 aliphatic rings. The SMILES string of the molecule is CCCCC/C=C\C/C=C\CCCCCCCCCCCC(=O)OC(COC(=O)CCCCCCCCCCCCCCC/C=C\C/C=C\CCCCCCC)COC(=O)CCCCCCCCCCCCCCCCCCCCC. The van der Waals surface area contributed by atoms with E-state index in [9.17, 15) is 14.4 Å². The first-order valence-electron chi connectivity index (χ1n) is 36.1. The van der Waals surface area contributed by atoms with Crippen molar-refractivity contribution in [3.8, 4) is 0 Å². The molecule has 6 heteroatoms. The summed E-state index contributed by atoms with van der Waals surface area (Å²) in [5.41, 5.74) is 0. The molecule has 1 atom stereocenters. The van der Waals surface area contributed by atoms with Crippen molar-refractivity contribution in [2.24, 2.45) is 0 Å². The first-order chi connectivity index (χ1) is 40.0. The second-order valence-electron chi connectivity index (χ2n) is 24.5. The molecule has 0 saturated heterocycles. The fourth-order valence-electron chi connectivity index (χ4n) is 10.9. The van der Waals surface area contributed by atoms with Crippen LogP contribution in [0, 0.1) is 0 Å². The van der Waals surface area contributed by atoms with Crippen LogP contribution in [0.5, 0.6) is 0 Å². The molecule has 0 aromatic rings. The van der Waals surface area contributed by atoms with E-state index in [-0.39, 0.29) is 31.1 Å². The molecule has 0 radical (unpaired) electrons. The van der Waals surface area contributed by atoms with Crippen molar-refractivity contribution < 1.29 is 28.6 Å². The minimum atomic E-state index is -0.775. The summed E-state index contributed by atoms with van der Waals surface area (Å²) in [6.45, 7) is 6.68. The fraction of sp³-hybridized carbons (Fsp3) is 0.853. The van der Waals surface area contributed by atoms with Crippen LogP contribution in [0.4, 0.5) is 0 Å². The molecule has 81 heavy (non-hydrogen) atoms. The highest BCUT2D eigenvalue weighted by Gasteiger charge is 2.19. The number of hydrogen-bond acceptors (Lipinski definition) is 6. The third kappa shape index (κ3) is 68.0. The number of esters is 3. The number of carbonyl (C=O) groups is 3. The van der Waals surface area contributed by atoms with E-state index in [1.54, 1.807) is 0 Å². The molecule has 0 aliphatic heterocycles. The summed E-state index contributed by atoms with van der Waals surface area (Å²) < 4.78 is 17.0. The lowest BCUT2D eigenvalue weighted by Crippen LogP contribution is -2.30. The normalized spacial score (nSPS) is 12.3. The minimum absolute atomic E-state index is 0.0700. The Morgan fingerprint density at radius 2 is 0.444 bits per heavy atom. The molecule has 0 saturated carbocycles. The Bertz CT molecular complexity index is 1400. The van der Waals surface area contributed by atoms with Crippen LogP contribution >= 0.6 is 0 Å². The summed E-state index contributed by atoms with van der Waals surface area (Å²) in [4.78, 5) is 38.5. The standard InChI is InChI=1S/C75H138O6/c1-4-7-10-13-16-19-22-25-28-31-34-35-36-37-38-39-42-44-47-50-53-56-59-62-65-68-74(77)80-71-72(81-75(78)69-66-63-60-57-54-51-48-45-41-33-30-27-24-21-18-15-12-9-6-3)70-79-73(76)67-64-61-58-55-52-49-46-43-40-32-29-26-23-20-17-14-11-8-5-2/h18,21-22,25,27,30-31,34,72H,4-17,19-20,23-24,26,28-29,32-33,35-71H2,1-3H3/b21-18-,25-22-,30-27-,34-31-. The third-order valence-corrected chi connectivity index (χ3v) is 16.3. The quantitative estimate of drug-likeness (QED) is 0.0261. The Morgan fingerprint density at radius 1 is 0.247 bits per heavy atom. The molecule has 0 rings (SSSR count). The molecule has 0 aliphatic carbocycles. The van der Waals surface area contributed by atoms with E-state index in [2.05, 4.69) is 69.4 Å². The molecule has 0 spiro atoms. The van der Waals surface area contributed by atoms with Gasteiger partial charge in [-0.05, 0) is 83.5 Å². The summed E-state index contributed by atoms with van der Waals surface area (Å²) in [7, 11) is 0. The minimum Gasteiger partial charge on any atom is -0.462 e. The number of ether oxygens (including phenoxy) is 3. The monoisotopic (exact) mass is 1140 g/mol. The molecule has 6 nitrogen and oxygen atoms in total. The highest BCUT2D eigenvalue weighted by atomic mass is 16.6. The summed E-state index contributed by atoms with van der Waals surface area (Å²) in [5, 5.41) is 0. The zero-order valence-electron chi connectivity index (χ0n) is 54.6. The number of carbonyl (C=O) groups excluding carboxylic acids is 3. The summed E-state index contributed by atoms with van der Waals surface area (Å²) in [6.07, 6.45) is 88.5. The number of hydrogen-bond donors (Lipinski definition) is 0. The predicted molar refractivity (Wildman–Crippen MR) is 353 cm³/mol. The molecule has 0 amide bonds. The Kier molecular flexibility index (Phi) is 67.6. The molecule has 0 fully saturated rings. The van der Waals surface area contributed by atoms with Gasteiger partial charge in [0.15, 0.2) is 6.10 Å². The molecule has 0 aromatic carbocycles. The van der Waals surface area contributed by atoms with Crippen LogP contribution in [0.2, 0.25) is 0 Å². The second-order valence-corrected chi connectivity index (χ2v) is 24.5. The molecule has 0 heterocycles. The highest BCUT2D eigenvalue weighted by molar-refractivity contribution is 5.71. The van der Waals surface area contributed by atoms with Gasteiger partial charge in [-0.25, -0.2) is 0 Å². The fourth-order valence-corrected chi connectivity index (χ4v) is 10.9. The van der Waals surface area contributed by atoms with Gasteiger partial charge >= 0.3 is 17.9 Å². The van der Waals surface area contributed by atoms with Crippen molar-refractivity contribution in [2.45, 2.75) is 399 Å². The lowest BCUT2D eigenvalue weighted by Gasteiger charge is -2.18. The van der Waals surface area contributed by atoms with Crippen LogP contribution in [0.1, 0.15) is 393 Å². The maximum Gasteiger partial charge on any atom is 0.306 e. The van der Waals surface area contributed by atoms with E-state index >= 15 is 0 Å². The Morgan fingerprint density at radius 3 is 0.704 bits per heavy atom. The zero-order valence-corrected chi connectivity index (χ0v) is 54.6. The van der Waals surface area contributed by atoms with Gasteiger partial charge in [-0.3, -0.25) is 14.4 Å². The van der Waals surface area contributed by atoms with Crippen molar-refractivity contribution in [3.63, 3.8) is 0 Å². The maximum absolute atomic E-state index is 13.0. The third-order valence-electron chi connectivity index (χ3n) is 16.3. The first-order valence-corrected chi connectivity index (χ1v) is 36.1. The largest absolute Gasteiger partial charge is 0.462 e. The van der Waals surface area contributed by atoms with Crippen molar-refractivity contribution in [3.05, 3.63) is 48.6 Å². The molecule has 0 bridgehead atoms. The van der Waals surface area contributed by atoms with E-state index < -0.39 is 6.10 Å². The van der Waals surface area contributed by atoms with E-state index in [0.717, 1.165) is 70.6 Å². The van der Waals surface area contributed by atoms with Crippen LogP contribution in [-0.4, -0.2) is 37.2 Å². The van der Waals surface area contributed by atoms with E-state index in [1.165, 1.54) is 283 Å². The van der Waals surface area contributed by atoms with Crippen LogP contribution in [0.25, 0.3) is 0 Å². The van der Waals surface area contributed by atoms with Crippen molar-refractivity contribution in [2.75, 3.05) is 13.2 Å². The van der Waals surface area contributed by atoms with Crippen LogP contribution in [0.3, 0.4) is 0 Å². The summed E-state index contributed by atoms with van der Waals surface area (Å²) in [6, 6.07) is 0. The highest BCUT2D eigenvalue weighted by Crippen LogP contribution is 2.18. The number of allylic oxidation sites excluding steroid dienone is 8. The van der Waals surface area contributed by atoms with Crippen LogP contribution < -0.4 is 0 Å². The topological polar surface area (TPSA) is 78.9 Å². The Balaban J connectivity index is 4.30. The summed E-state index contributed by atoms with van der Waals surface area (Å²) in [5.74, 6) is -0.846. The lowest BCUT2D eigenvalue weighted by molar-refractivity contribution is -0.167.